The molecule has 20 heavy (non-hydrogen) atoms. The molecule has 5 heteroatoms. The molecule has 1 aliphatic carbocycles. The smallest absolute Gasteiger partial charge is 0.309 e. The molecule has 0 aromatic heterocycles. The summed E-state index contributed by atoms with van der Waals surface area (Å²) in [5, 5.41) is 12.3. The van der Waals surface area contributed by atoms with Gasteiger partial charge in [-0.15, -0.1) is 0 Å². The van der Waals surface area contributed by atoms with Gasteiger partial charge in [-0.3, -0.25) is 9.59 Å². The highest BCUT2D eigenvalue weighted by Gasteiger charge is 2.44. The fourth-order valence-electron chi connectivity index (χ4n) is 3.18. The Bertz CT molecular complexity index is 346. The first-order valence-corrected chi connectivity index (χ1v) is 7.63. The second-order valence-electron chi connectivity index (χ2n) is 6.17. The number of carbonyl (C=O) groups is 2. The Labute approximate surface area is 121 Å². The fourth-order valence-corrected chi connectivity index (χ4v) is 3.18. The van der Waals surface area contributed by atoms with E-state index in [0.29, 0.717) is 31.7 Å². The summed E-state index contributed by atoms with van der Waals surface area (Å²) in [6.45, 7) is 4.31. The number of rotatable bonds is 8. The lowest BCUT2D eigenvalue weighted by Crippen LogP contribution is -2.31. The van der Waals surface area contributed by atoms with Crippen LogP contribution >= 0.6 is 0 Å². The van der Waals surface area contributed by atoms with Gasteiger partial charge in [0.1, 0.15) is 0 Å². The fraction of sp³-hybridized carbons (Fsp3) is 0.867. The van der Waals surface area contributed by atoms with Gasteiger partial charge < -0.3 is 16.2 Å². The number of aliphatic carboxylic acids is 1. The Balaban J connectivity index is 2.45. The summed E-state index contributed by atoms with van der Waals surface area (Å²) >= 11 is 0. The summed E-state index contributed by atoms with van der Waals surface area (Å²) < 4.78 is 0. The molecule has 0 bridgehead atoms. The van der Waals surface area contributed by atoms with E-state index in [4.69, 9.17) is 5.73 Å². The Morgan fingerprint density at radius 1 is 1.45 bits per heavy atom. The van der Waals surface area contributed by atoms with Crippen LogP contribution < -0.4 is 11.1 Å². The molecular formula is C15H28N2O3. The second kappa shape index (κ2) is 7.62. The van der Waals surface area contributed by atoms with Crippen LogP contribution in [0.25, 0.3) is 0 Å². The van der Waals surface area contributed by atoms with E-state index in [9.17, 15) is 14.7 Å². The maximum atomic E-state index is 11.6. The van der Waals surface area contributed by atoms with E-state index in [1.807, 2.05) is 0 Å². The Hall–Kier alpha value is -1.10. The maximum Gasteiger partial charge on any atom is 0.309 e. The monoisotopic (exact) mass is 284 g/mol. The number of carbonyl (C=O) groups excluding carboxylic acids is 1. The predicted molar refractivity (Wildman–Crippen MR) is 78.2 cm³/mol. The van der Waals surface area contributed by atoms with Crippen LogP contribution in [0, 0.1) is 11.3 Å². The van der Waals surface area contributed by atoms with Crippen molar-refractivity contribution < 1.29 is 14.7 Å². The van der Waals surface area contributed by atoms with Crippen molar-refractivity contribution in [2.45, 2.75) is 64.8 Å². The average Bonchev–Trinajstić information content (AvgIpc) is 2.76. The summed E-state index contributed by atoms with van der Waals surface area (Å²) in [5.74, 6) is -0.235. The number of carboxylic acids is 1. The first-order valence-electron chi connectivity index (χ1n) is 7.63. The molecule has 4 N–H and O–H groups in total. The van der Waals surface area contributed by atoms with Crippen LogP contribution in [0.2, 0.25) is 0 Å². The molecule has 0 saturated heterocycles. The number of carboxylic acid groups (broad SMARTS) is 1. The van der Waals surface area contributed by atoms with Crippen molar-refractivity contribution in [3.05, 3.63) is 0 Å². The predicted octanol–water partition coefficient (Wildman–Crippen LogP) is 1.90. The molecule has 1 fully saturated rings. The van der Waals surface area contributed by atoms with Crippen molar-refractivity contribution in [3.8, 4) is 0 Å². The minimum Gasteiger partial charge on any atom is -0.481 e. The molecule has 1 aliphatic rings. The third kappa shape index (κ3) is 4.78. The largest absolute Gasteiger partial charge is 0.481 e. The van der Waals surface area contributed by atoms with Crippen LogP contribution in [0.1, 0.15) is 58.8 Å². The highest BCUT2D eigenvalue weighted by atomic mass is 16.4. The molecular weight excluding hydrogens is 256 g/mol. The molecule has 3 unspecified atom stereocenters. The first-order chi connectivity index (χ1) is 9.39. The third-order valence-corrected chi connectivity index (χ3v) is 4.64. The highest BCUT2D eigenvalue weighted by molar-refractivity contribution is 5.75. The first kappa shape index (κ1) is 17.0. The number of nitrogens with two attached hydrogens (primary N) is 1. The van der Waals surface area contributed by atoms with Crippen molar-refractivity contribution >= 4 is 11.9 Å². The molecule has 3 atom stereocenters. The van der Waals surface area contributed by atoms with Crippen molar-refractivity contribution in [1.82, 2.24) is 5.32 Å². The van der Waals surface area contributed by atoms with E-state index in [2.05, 4.69) is 12.2 Å². The van der Waals surface area contributed by atoms with E-state index in [1.165, 1.54) is 6.92 Å². The zero-order valence-electron chi connectivity index (χ0n) is 12.7. The molecule has 0 radical (unpaired) electrons. The molecule has 116 valence electrons. The topological polar surface area (TPSA) is 92.4 Å². The van der Waals surface area contributed by atoms with Gasteiger partial charge in [0.2, 0.25) is 5.91 Å². The number of amides is 1. The minimum absolute atomic E-state index is 0.0105. The lowest BCUT2D eigenvalue weighted by atomic mass is 9.78. The molecule has 1 rings (SSSR count). The van der Waals surface area contributed by atoms with Crippen LogP contribution in [0.3, 0.4) is 0 Å². The van der Waals surface area contributed by atoms with Gasteiger partial charge in [-0.1, -0.05) is 13.3 Å². The second-order valence-corrected chi connectivity index (χ2v) is 6.17. The van der Waals surface area contributed by atoms with Crippen LogP contribution in [0.4, 0.5) is 0 Å². The Morgan fingerprint density at radius 2 is 2.15 bits per heavy atom. The lowest BCUT2D eigenvalue weighted by molar-refractivity contribution is -0.149. The standard InChI is InChI=1S/C15H28N2O3/c1-3-12(6-9-17-11(2)18)4-7-15(14(19)20)8-5-13(16)10-15/h12-13H,3-10,16H2,1-2H3,(H,17,18)(H,19,20). The van der Waals surface area contributed by atoms with Crippen LogP contribution in [0.15, 0.2) is 0 Å². The van der Waals surface area contributed by atoms with Crippen LogP contribution in [0.5, 0.6) is 0 Å². The number of hydrogen-bond donors (Lipinski definition) is 3. The van der Waals surface area contributed by atoms with Gasteiger partial charge in [0.25, 0.3) is 0 Å². The zero-order valence-corrected chi connectivity index (χ0v) is 12.7. The molecule has 0 spiro atoms. The quantitative estimate of drug-likeness (QED) is 0.634. The lowest BCUT2D eigenvalue weighted by Gasteiger charge is -2.26. The van der Waals surface area contributed by atoms with Crippen molar-refractivity contribution in [2.24, 2.45) is 17.1 Å². The van der Waals surface area contributed by atoms with E-state index in [0.717, 1.165) is 25.7 Å². The van der Waals surface area contributed by atoms with Gasteiger partial charge in [0.15, 0.2) is 0 Å². The third-order valence-electron chi connectivity index (χ3n) is 4.64. The molecule has 1 saturated carbocycles. The maximum absolute atomic E-state index is 11.6. The van der Waals surface area contributed by atoms with Gasteiger partial charge in [-0.2, -0.15) is 0 Å². The van der Waals surface area contributed by atoms with Gasteiger partial charge in [0, 0.05) is 19.5 Å². The van der Waals surface area contributed by atoms with E-state index in [-0.39, 0.29) is 11.9 Å². The molecule has 0 aliphatic heterocycles. The molecule has 0 aromatic carbocycles. The SMILES string of the molecule is CCC(CCNC(C)=O)CCC1(C(=O)O)CCC(N)C1. The van der Waals surface area contributed by atoms with E-state index in [1.54, 1.807) is 0 Å². The van der Waals surface area contributed by atoms with Crippen molar-refractivity contribution in [2.75, 3.05) is 6.54 Å². The molecule has 5 nitrogen and oxygen atoms in total. The van der Waals surface area contributed by atoms with Crippen molar-refractivity contribution in [1.29, 1.82) is 0 Å². The normalized spacial score (nSPS) is 27.2. The zero-order chi connectivity index (χ0) is 15.2. The minimum atomic E-state index is -0.692. The Kier molecular flexibility index (Phi) is 6.46. The molecule has 1 amide bonds. The molecule has 0 aromatic rings. The average molecular weight is 284 g/mol. The van der Waals surface area contributed by atoms with E-state index >= 15 is 0 Å². The number of hydrogen-bond acceptors (Lipinski definition) is 3. The van der Waals surface area contributed by atoms with Crippen molar-refractivity contribution in [3.63, 3.8) is 0 Å². The number of nitrogens with one attached hydrogen (secondary N) is 1. The van der Waals surface area contributed by atoms with Crippen LogP contribution in [-0.4, -0.2) is 29.6 Å². The van der Waals surface area contributed by atoms with E-state index < -0.39 is 11.4 Å². The summed E-state index contributed by atoms with van der Waals surface area (Å²) in [4.78, 5) is 22.4. The van der Waals surface area contributed by atoms with Gasteiger partial charge in [-0.05, 0) is 44.4 Å². The van der Waals surface area contributed by atoms with Gasteiger partial charge >= 0.3 is 5.97 Å². The highest BCUT2D eigenvalue weighted by Crippen LogP contribution is 2.43. The summed E-state index contributed by atoms with van der Waals surface area (Å²) in [7, 11) is 0. The van der Waals surface area contributed by atoms with Crippen LogP contribution in [-0.2, 0) is 9.59 Å². The summed E-state index contributed by atoms with van der Waals surface area (Å²) in [5.41, 5.74) is 5.28. The molecule has 0 heterocycles. The van der Waals surface area contributed by atoms with Gasteiger partial charge in [-0.25, -0.2) is 0 Å². The summed E-state index contributed by atoms with van der Waals surface area (Å²) in [6, 6.07) is 0.0329. The summed E-state index contributed by atoms with van der Waals surface area (Å²) in [6.07, 6.45) is 5.65. The van der Waals surface area contributed by atoms with Gasteiger partial charge in [0.05, 0.1) is 5.41 Å². The Morgan fingerprint density at radius 3 is 2.60 bits per heavy atom.